The molecule has 8 nitrogen and oxygen atoms in total. The number of esters is 2. The Hall–Kier alpha value is -2.26. The van der Waals surface area contributed by atoms with Crippen molar-refractivity contribution in [2.24, 2.45) is 29.6 Å². The lowest BCUT2D eigenvalue weighted by Gasteiger charge is -2.48. The SMILES string of the molecule is CO[C@H]1CC2C=C[C@H]3[C@H]4O[C@]2(/C(C)=C/[C@@H](C)[C@@H]([C@@H](C)O)OC1=O)[C@@H]3[C@H](O)[C@@H](C)[C@H]4OC(=O)C1=CC=CC1. The second-order valence-electron chi connectivity index (χ2n) is 11.3. The van der Waals surface area contributed by atoms with Crippen molar-refractivity contribution in [1.82, 2.24) is 0 Å². The fourth-order valence-corrected chi connectivity index (χ4v) is 7.30. The Morgan fingerprint density at radius 1 is 1.27 bits per heavy atom. The minimum absolute atomic E-state index is 0.155. The van der Waals surface area contributed by atoms with E-state index in [-0.39, 0.29) is 42.0 Å². The van der Waals surface area contributed by atoms with Crippen LogP contribution >= 0.6 is 0 Å². The molecule has 2 heterocycles. The molecule has 8 heteroatoms. The molecule has 0 radical (unpaired) electrons. The van der Waals surface area contributed by atoms with E-state index in [0.29, 0.717) is 12.0 Å². The predicted octanol–water partition coefficient (Wildman–Crippen LogP) is 2.64. The van der Waals surface area contributed by atoms with Crippen molar-refractivity contribution >= 4 is 11.9 Å². The minimum atomic E-state index is -0.918. The number of ether oxygens (including phenoxy) is 4. The van der Waals surface area contributed by atoms with Gasteiger partial charge in [-0.2, -0.15) is 0 Å². The zero-order valence-corrected chi connectivity index (χ0v) is 22.1. The number of cyclic esters (lactones) is 1. The molecule has 0 aromatic rings. The molecule has 3 aliphatic carbocycles. The molecule has 5 rings (SSSR count). The largest absolute Gasteiger partial charge is 0.457 e. The van der Waals surface area contributed by atoms with Crippen LogP contribution in [0.25, 0.3) is 0 Å². The molecule has 2 aliphatic heterocycles. The molecular weight excluding hydrogens is 476 g/mol. The second-order valence-corrected chi connectivity index (χ2v) is 11.3. The van der Waals surface area contributed by atoms with E-state index in [1.165, 1.54) is 7.11 Å². The van der Waals surface area contributed by atoms with Gasteiger partial charge in [0.15, 0.2) is 6.10 Å². The predicted molar refractivity (Wildman–Crippen MR) is 134 cm³/mol. The summed E-state index contributed by atoms with van der Waals surface area (Å²) in [6.07, 6.45) is 8.06. The van der Waals surface area contributed by atoms with Gasteiger partial charge < -0.3 is 29.2 Å². The van der Waals surface area contributed by atoms with Gasteiger partial charge in [0.1, 0.15) is 23.9 Å². The summed E-state index contributed by atoms with van der Waals surface area (Å²) in [5.74, 6) is -2.28. The van der Waals surface area contributed by atoms with Gasteiger partial charge in [-0.3, -0.25) is 0 Å². The van der Waals surface area contributed by atoms with Crippen LogP contribution in [0.4, 0.5) is 0 Å². The summed E-state index contributed by atoms with van der Waals surface area (Å²) in [7, 11) is 1.47. The highest BCUT2D eigenvalue weighted by Crippen LogP contribution is 2.61. The highest BCUT2D eigenvalue weighted by Gasteiger charge is 2.69. The van der Waals surface area contributed by atoms with Crippen molar-refractivity contribution in [3.05, 3.63) is 47.6 Å². The first-order chi connectivity index (χ1) is 17.6. The third-order valence-electron chi connectivity index (χ3n) is 9.15. The zero-order chi connectivity index (χ0) is 26.6. The number of rotatable bonds is 4. The van der Waals surface area contributed by atoms with Crippen molar-refractivity contribution in [3.63, 3.8) is 0 Å². The molecule has 0 amide bonds. The van der Waals surface area contributed by atoms with Crippen LogP contribution in [0.15, 0.2) is 47.6 Å². The van der Waals surface area contributed by atoms with Gasteiger partial charge in [-0.05, 0) is 32.3 Å². The van der Waals surface area contributed by atoms with E-state index in [0.717, 1.165) is 5.57 Å². The lowest BCUT2D eigenvalue weighted by molar-refractivity contribution is -0.173. The van der Waals surface area contributed by atoms with Crippen LogP contribution in [0.5, 0.6) is 0 Å². The molecule has 1 unspecified atom stereocenters. The average Bonchev–Trinajstić information content (AvgIpc) is 3.46. The number of carbonyl (C=O) groups excluding carboxylic acids is 2. The number of aliphatic hydroxyl groups is 2. The van der Waals surface area contributed by atoms with Crippen LogP contribution < -0.4 is 0 Å². The van der Waals surface area contributed by atoms with E-state index >= 15 is 0 Å². The van der Waals surface area contributed by atoms with Gasteiger partial charge in [0.05, 0.1) is 12.2 Å². The molecule has 2 N–H and O–H groups in total. The first-order valence-corrected chi connectivity index (χ1v) is 13.3. The topological polar surface area (TPSA) is 112 Å². The lowest BCUT2D eigenvalue weighted by Crippen LogP contribution is -2.57. The average molecular weight is 515 g/mol. The van der Waals surface area contributed by atoms with Gasteiger partial charge in [-0.25, -0.2) is 9.59 Å². The summed E-state index contributed by atoms with van der Waals surface area (Å²) in [6.45, 7) is 7.39. The maximum atomic E-state index is 13.1. The second kappa shape index (κ2) is 9.80. The van der Waals surface area contributed by atoms with Gasteiger partial charge in [-0.1, -0.05) is 50.3 Å². The Morgan fingerprint density at radius 2 is 2.03 bits per heavy atom. The number of methoxy groups -OCH3 is 1. The highest BCUT2D eigenvalue weighted by molar-refractivity contribution is 5.90. The molecule has 1 saturated heterocycles. The van der Waals surface area contributed by atoms with Crippen LogP contribution in [0, 0.1) is 29.6 Å². The monoisotopic (exact) mass is 514 g/mol. The molecule has 202 valence electrons. The number of hydrogen-bond donors (Lipinski definition) is 2. The molecular formula is C29H38O8. The summed E-state index contributed by atoms with van der Waals surface area (Å²) in [5.41, 5.74) is 0.579. The first kappa shape index (κ1) is 26.4. The number of aliphatic hydroxyl groups excluding tert-OH is 2. The Bertz CT molecular complexity index is 1060. The van der Waals surface area contributed by atoms with Gasteiger partial charge in [0.2, 0.25) is 0 Å². The van der Waals surface area contributed by atoms with Crippen molar-refractivity contribution < 1.29 is 38.7 Å². The van der Waals surface area contributed by atoms with Crippen molar-refractivity contribution in [2.45, 2.75) is 82.8 Å². The Kier molecular flexibility index (Phi) is 6.98. The van der Waals surface area contributed by atoms with E-state index < -0.39 is 48.2 Å². The summed E-state index contributed by atoms with van der Waals surface area (Å²) in [5, 5.41) is 22.1. The fourth-order valence-electron chi connectivity index (χ4n) is 7.30. The van der Waals surface area contributed by atoms with E-state index in [1.54, 1.807) is 13.0 Å². The standard InChI is InChI=1S/C29H38O8/c1-14-12-15(2)29-19(13-21(34-5)28(33)35-24(14)17(4)30)10-11-20-22(29)23(31)16(3)25(26(20)37-29)36-27(32)18-8-6-7-9-18/h6-8,10-12,14,16-17,19-26,30-31H,9,13H2,1-5H3/b15-12+/t14-,16-,17-,19?,20-,21+,22+,23-,24+,25-,26-,29+/m1/s1. The summed E-state index contributed by atoms with van der Waals surface area (Å²) < 4.78 is 24.3. The summed E-state index contributed by atoms with van der Waals surface area (Å²) in [6, 6.07) is 0. The zero-order valence-electron chi connectivity index (χ0n) is 22.1. The maximum Gasteiger partial charge on any atom is 0.335 e. The summed E-state index contributed by atoms with van der Waals surface area (Å²) >= 11 is 0. The van der Waals surface area contributed by atoms with Crippen molar-refractivity contribution in [1.29, 1.82) is 0 Å². The van der Waals surface area contributed by atoms with Crippen LogP contribution in [-0.4, -0.2) is 71.5 Å². The van der Waals surface area contributed by atoms with E-state index in [9.17, 15) is 19.8 Å². The third-order valence-corrected chi connectivity index (χ3v) is 9.15. The first-order valence-electron chi connectivity index (χ1n) is 13.3. The molecule has 12 atom stereocenters. The molecule has 1 spiro atoms. The van der Waals surface area contributed by atoms with Crippen LogP contribution in [0.3, 0.4) is 0 Å². The molecule has 0 aromatic carbocycles. The molecule has 37 heavy (non-hydrogen) atoms. The van der Waals surface area contributed by atoms with E-state index in [2.05, 4.69) is 12.2 Å². The molecule has 4 bridgehead atoms. The lowest BCUT2D eigenvalue weighted by atomic mass is 9.57. The van der Waals surface area contributed by atoms with Gasteiger partial charge >= 0.3 is 11.9 Å². The Morgan fingerprint density at radius 3 is 2.68 bits per heavy atom. The number of allylic oxidation sites excluding steroid dienone is 3. The fraction of sp³-hybridized carbons (Fsp3) is 0.655. The summed E-state index contributed by atoms with van der Waals surface area (Å²) in [4.78, 5) is 26.0. The normalized spacial score (nSPS) is 46.8. The van der Waals surface area contributed by atoms with Crippen LogP contribution in [-0.2, 0) is 28.5 Å². The molecule has 5 aliphatic rings. The number of hydrogen-bond acceptors (Lipinski definition) is 8. The molecule has 1 saturated carbocycles. The van der Waals surface area contributed by atoms with Crippen LogP contribution in [0.2, 0.25) is 0 Å². The van der Waals surface area contributed by atoms with E-state index in [1.807, 2.05) is 39.0 Å². The maximum absolute atomic E-state index is 13.1. The number of carbonyl (C=O) groups is 2. The van der Waals surface area contributed by atoms with Crippen molar-refractivity contribution in [2.75, 3.05) is 7.11 Å². The van der Waals surface area contributed by atoms with Gasteiger partial charge in [0.25, 0.3) is 0 Å². The third kappa shape index (κ3) is 4.13. The molecule has 0 aromatic heterocycles. The minimum Gasteiger partial charge on any atom is -0.457 e. The van der Waals surface area contributed by atoms with Crippen molar-refractivity contribution in [3.8, 4) is 0 Å². The quantitative estimate of drug-likeness (QED) is 0.435. The van der Waals surface area contributed by atoms with Gasteiger partial charge in [-0.15, -0.1) is 0 Å². The Balaban J connectivity index is 1.56. The van der Waals surface area contributed by atoms with Crippen LogP contribution in [0.1, 0.15) is 40.5 Å². The smallest absolute Gasteiger partial charge is 0.335 e. The highest BCUT2D eigenvalue weighted by atomic mass is 16.6. The van der Waals surface area contributed by atoms with E-state index in [4.69, 9.17) is 18.9 Å². The Labute approximate surface area is 218 Å². The van der Waals surface area contributed by atoms with Gasteiger partial charge in [0, 0.05) is 42.3 Å². The molecule has 2 fully saturated rings.